The molecule has 0 unspecified atom stereocenters. The summed E-state index contributed by atoms with van der Waals surface area (Å²) in [5, 5.41) is 8.95. The van der Waals surface area contributed by atoms with Gasteiger partial charge in [-0.05, 0) is 13.0 Å². The minimum absolute atomic E-state index is 0.189. The average molecular weight is 237 g/mol. The summed E-state index contributed by atoms with van der Waals surface area (Å²) in [6.45, 7) is 1.03. The van der Waals surface area contributed by atoms with Gasteiger partial charge in [-0.3, -0.25) is 0 Å². The number of hydrogen-bond donors (Lipinski definition) is 1. The van der Waals surface area contributed by atoms with E-state index in [2.05, 4.69) is 9.72 Å². The Kier molecular flexibility index (Phi) is 3.58. The second-order valence-corrected chi connectivity index (χ2v) is 2.97. The molecule has 0 aliphatic rings. The molecule has 1 N–H and O–H groups in total. The number of aromatic nitrogens is 1. The van der Waals surface area contributed by atoms with Crippen molar-refractivity contribution in [3.63, 3.8) is 0 Å². The molecule has 0 atom stereocenters. The van der Waals surface area contributed by atoms with Gasteiger partial charge in [0.05, 0.1) is 13.7 Å². The van der Waals surface area contributed by atoms with Gasteiger partial charge in [0.1, 0.15) is 0 Å². The first kappa shape index (κ1) is 12.6. The lowest BCUT2D eigenvalue weighted by Gasteiger charge is -2.14. The standard InChI is InChI=1S/C9H10F3NO3/c1-5-3-6(4-14)7(15-2)8(13-5)16-9(10,11)12/h3,14H,4H2,1-2H3. The van der Waals surface area contributed by atoms with Crippen LogP contribution >= 0.6 is 0 Å². The summed E-state index contributed by atoms with van der Waals surface area (Å²) in [4.78, 5) is 3.56. The molecule has 0 radical (unpaired) electrons. The number of hydrogen-bond acceptors (Lipinski definition) is 4. The van der Waals surface area contributed by atoms with Crippen molar-refractivity contribution in [3.05, 3.63) is 17.3 Å². The Balaban J connectivity index is 3.20. The van der Waals surface area contributed by atoms with Gasteiger partial charge in [0, 0.05) is 11.3 Å². The number of ether oxygens (including phenoxy) is 2. The summed E-state index contributed by atoms with van der Waals surface area (Å²) in [5.74, 6) is -0.913. The van der Waals surface area contributed by atoms with Crippen LogP contribution in [0.15, 0.2) is 6.07 Å². The molecular weight excluding hydrogens is 227 g/mol. The van der Waals surface area contributed by atoms with E-state index in [1.54, 1.807) is 0 Å². The van der Waals surface area contributed by atoms with Crippen molar-refractivity contribution in [2.75, 3.05) is 7.11 Å². The van der Waals surface area contributed by atoms with E-state index in [-0.39, 0.29) is 11.3 Å². The van der Waals surface area contributed by atoms with Crippen LogP contribution in [-0.2, 0) is 6.61 Å². The zero-order chi connectivity index (χ0) is 12.3. The first-order chi connectivity index (χ1) is 7.37. The van der Waals surface area contributed by atoms with Crippen LogP contribution in [-0.4, -0.2) is 23.6 Å². The molecular formula is C9H10F3NO3. The van der Waals surface area contributed by atoms with Gasteiger partial charge < -0.3 is 14.6 Å². The predicted octanol–water partition coefficient (Wildman–Crippen LogP) is 1.79. The molecule has 0 fully saturated rings. The van der Waals surface area contributed by atoms with Gasteiger partial charge in [0.2, 0.25) is 0 Å². The smallest absolute Gasteiger partial charge is 0.491 e. The zero-order valence-electron chi connectivity index (χ0n) is 8.63. The molecule has 0 saturated heterocycles. The molecule has 0 amide bonds. The minimum atomic E-state index is -4.85. The third-order valence-electron chi connectivity index (χ3n) is 1.73. The summed E-state index contributed by atoms with van der Waals surface area (Å²) in [6.07, 6.45) is -4.85. The highest BCUT2D eigenvalue weighted by atomic mass is 19.4. The molecule has 0 aromatic carbocycles. The van der Waals surface area contributed by atoms with Gasteiger partial charge >= 0.3 is 6.36 Å². The number of halogens is 3. The molecule has 0 aliphatic heterocycles. The lowest BCUT2D eigenvalue weighted by molar-refractivity contribution is -0.276. The Bertz CT molecular complexity index is 379. The summed E-state index contributed by atoms with van der Waals surface area (Å²) >= 11 is 0. The van der Waals surface area contributed by atoms with Crippen molar-refractivity contribution in [1.82, 2.24) is 4.98 Å². The van der Waals surface area contributed by atoms with Crippen LogP contribution in [0.3, 0.4) is 0 Å². The molecule has 1 rings (SSSR count). The summed E-state index contributed by atoms with van der Waals surface area (Å²) in [6, 6.07) is 1.42. The Hall–Kier alpha value is -1.50. The van der Waals surface area contributed by atoms with E-state index in [0.29, 0.717) is 5.69 Å². The number of alkyl halides is 3. The zero-order valence-corrected chi connectivity index (χ0v) is 8.63. The largest absolute Gasteiger partial charge is 0.574 e. The summed E-state index contributed by atoms with van der Waals surface area (Å²) in [7, 11) is 1.18. The average Bonchev–Trinajstić information content (AvgIpc) is 2.14. The number of pyridine rings is 1. The van der Waals surface area contributed by atoms with Crippen molar-refractivity contribution in [3.8, 4) is 11.6 Å². The van der Waals surface area contributed by atoms with Gasteiger partial charge in [0.25, 0.3) is 5.88 Å². The van der Waals surface area contributed by atoms with Crippen molar-refractivity contribution in [1.29, 1.82) is 0 Å². The fourth-order valence-electron chi connectivity index (χ4n) is 1.21. The quantitative estimate of drug-likeness (QED) is 0.870. The third kappa shape index (κ3) is 2.99. The van der Waals surface area contributed by atoms with Crippen LogP contribution in [0, 0.1) is 6.92 Å². The van der Waals surface area contributed by atoms with E-state index in [9.17, 15) is 13.2 Å². The monoisotopic (exact) mass is 237 g/mol. The molecule has 1 aromatic heterocycles. The van der Waals surface area contributed by atoms with Gasteiger partial charge in [-0.25, -0.2) is 4.98 Å². The van der Waals surface area contributed by atoms with Crippen molar-refractivity contribution < 1.29 is 27.8 Å². The third-order valence-corrected chi connectivity index (χ3v) is 1.73. The fourth-order valence-corrected chi connectivity index (χ4v) is 1.21. The SMILES string of the molecule is COc1c(CO)cc(C)nc1OC(F)(F)F. The van der Waals surface area contributed by atoms with Crippen molar-refractivity contribution in [2.24, 2.45) is 0 Å². The normalized spacial score (nSPS) is 11.4. The molecule has 16 heavy (non-hydrogen) atoms. The van der Waals surface area contributed by atoms with E-state index in [1.165, 1.54) is 20.1 Å². The first-order valence-corrected chi connectivity index (χ1v) is 4.28. The Labute approximate surface area is 89.6 Å². The van der Waals surface area contributed by atoms with Crippen LogP contribution in [0.1, 0.15) is 11.3 Å². The van der Waals surface area contributed by atoms with Crippen LogP contribution in [0.25, 0.3) is 0 Å². The lowest BCUT2D eigenvalue weighted by atomic mass is 10.2. The van der Waals surface area contributed by atoms with E-state index in [0.717, 1.165) is 0 Å². The molecule has 4 nitrogen and oxygen atoms in total. The fraction of sp³-hybridized carbons (Fsp3) is 0.444. The predicted molar refractivity (Wildman–Crippen MR) is 48.1 cm³/mol. The van der Waals surface area contributed by atoms with Gasteiger partial charge in [-0.15, -0.1) is 13.2 Å². The molecule has 0 saturated carbocycles. The Morgan fingerprint density at radius 3 is 2.50 bits per heavy atom. The maximum atomic E-state index is 12.0. The minimum Gasteiger partial charge on any atom is -0.491 e. The van der Waals surface area contributed by atoms with Crippen LogP contribution in [0.5, 0.6) is 11.6 Å². The van der Waals surface area contributed by atoms with Gasteiger partial charge in [-0.1, -0.05) is 0 Å². The molecule has 7 heteroatoms. The number of aryl methyl sites for hydroxylation is 1. The van der Waals surface area contributed by atoms with E-state index >= 15 is 0 Å². The second-order valence-electron chi connectivity index (χ2n) is 2.97. The summed E-state index contributed by atoms with van der Waals surface area (Å²) in [5.41, 5.74) is 0.485. The van der Waals surface area contributed by atoms with Crippen LogP contribution in [0.2, 0.25) is 0 Å². The Morgan fingerprint density at radius 1 is 1.44 bits per heavy atom. The highest BCUT2D eigenvalue weighted by molar-refractivity contribution is 5.42. The molecule has 0 spiro atoms. The van der Waals surface area contributed by atoms with Gasteiger partial charge in [-0.2, -0.15) is 0 Å². The highest BCUT2D eigenvalue weighted by Crippen LogP contribution is 2.33. The van der Waals surface area contributed by atoms with Crippen molar-refractivity contribution in [2.45, 2.75) is 19.9 Å². The van der Waals surface area contributed by atoms with E-state index in [1.807, 2.05) is 0 Å². The molecule has 0 aliphatic carbocycles. The van der Waals surface area contributed by atoms with E-state index < -0.39 is 18.8 Å². The lowest BCUT2D eigenvalue weighted by Crippen LogP contribution is -2.19. The molecule has 0 bridgehead atoms. The highest BCUT2D eigenvalue weighted by Gasteiger charge is 2.34. The first-order valence-electron chi connectivity index (χ1n) is 4.28. The maximum absolute atomic E-state index is 12.0. The second kappa shape index (κ2) is 4.56. The van der Waals surface area contributed by atoms with Gasteiger partial charge in [0.15, 0.2) is 5.75 Å². The molecule has 1 aromatic rings. The molecule has 90 valence electrons. The molecule has 1 heterocycles. The number of aliphatic hydroxyl groups is 1. The van der Waals surface area contributed by atoms with Crippen LogP contribution < -0.4 is 9.47 Å². The number of rotatable bonds is 3. The number of aliphatic hydroxyl groups excluding tert-OH is 1. The number of nitrogens with zero attached hydrogens (tertiary/aromatic N) is 1. The maximum Gasteiger partial charge on any atom is 0.574 e. The van der Waals surface area contributed by atoms with E-state index in [4.69, 9.17) is 9.84 Å². The summed E-state index contributed by atoms with van der Waals surface area (Å²) < 4.78 is 44.6. The van der Waals surface area contributed by atoms with Crippen molar-refractivity contribution >= 4 is 0 Å². The number of methoxy groups -OCH3 is 1. The van der Waals surface area contributed by atoms with Crippen LogP contribution in [0.4, 0.5) is 13.2 Å². The Morgan fingerprint density at radius 2 is 2.06 bits per heavy atom. The topological polar surface area (TPSA) is 51.6 Å².